The number of anilines is 3. The van der Waals surface area contributed by atoms with Gasteiger partial charge in [0.2, 0.25) is 0 Å². The molecule has 0 spiro atoms. The van der Waals surface area contributed by atoms with E-state index in [1.807, 2.05) is 12.1 Å². The van der Waals surface area contributed by atoms with Crippen molar-refractivity contribution in [1.82, 2.24) is 0 Å². The summed E-state index contributed by atoms with van der Waals surface area (Å²) in [5, 5.41) is 4.73. The maximum Gasteiger partial charge on any atom is 0.135 e. The summed E-state index contributed by atoms with van der Waals surface area (Å²) >= 11 is 0. The minimum Gasteiger partial charge on any atom is -0.456 e. The summed E-state index contributed by atoms with van der Waals surface area (Å²) < 4.78 is 6.20. The third-order valence-corrected chi connectivity index (χ3v) is 9.25. The van der Waals surface area contributed by atoms with Crippen molar-refractivity contribution in [2.24, 2.45) is 0 Å². The van der Waals surface area contributed by atoms with Crippen LogP contribution in [0.3, 0.4) is 0 Å². The molecular weight excluding hydrogens is 583 g/mol. The van der Waals surface area contributed by atoms with E-state index in [-0.39, 0.29) is 0 Å². The second-order valence-electron chi connectivity index (χ2n) is 12.2. The van der Waals surface area contributed by atoms with E-state index in [0.29, 0.717) is 0 Å². The molecule has 0 aliphatic rings. The Bertz CT molecular complexity index is 2560. The molecule has 1 heterocycles. The van der Waals surface area contributed by atoms with Crippen molar-refractivity contribution in [2.75, 3.05) is 4.90 Å². The van der Waals surface area contributed by atoms with Gasteiger partial charge in [-0.25, -0.2) is 0 Å². The van der Waals surface area contributed by atoms with Gasteiger partial charge >= 0.3 is 0 Å². The van der Waals surface area contributed by atoms with E-state index in [1.54, 1.807) is 0 Å². The van der Waals surface area contributed by atoms with E-state index in [4.69, 9.17) is 4.42 Å². The molecule has 0 fully saturated rings. The van der Waals surface area contributed by atoms with Crippen molar-refractivity contribution < 1.29 is 4.42 Å². The Labute approximate surface area is 279 Å². The predicted octanol–water partition coefficient (Wildman–Crippen LogP) is 13.2. The number of para-hydroxylation sites is 2. The summed E-state index contributed by atoms with van der Waals surface area (Å²) in [6.07, 6.45) is 0. The van der Waals surface area contributed by atoms with Gasteiger partial charge in [0.25, 0.3) is 0 Å². The van der Waals surface area contributed by atoms with Gasteiger partial charge in [0, 0.05) is 27.7 Å². The molecule has 0 aliphatic carbocycles. The van der Waals surface area contributed by atoms with Crippen LogP contribution in [0.25, 0.3) is 66.1 Å². The third-order valence-electron chi connectivity index (χ3n) is 9.25. The molecular formula is C46H31NO. The lowest BCUT2D eigenvalue weighted by Gasteiger charge is -2.28. The number of hydrogen-bond acceptors (Lipinski definition) is 2. The fourth-order valence-electron chi connectivity index (χ4n) is 6.86. The summed E-state index contributed by atoms with van der Waals surface area (Å²) in [6, 6.07) is 67.0. The van der Waals surface area contributed by atoms with Crippen LogP contribution in [0.1, 0.15) is 0 Å². The molecule has 0 saturated carbocycles. The molecule has 0 atom stereocenters. The number of nitrogens with zero attached hydrogens (tertiary/aromatic N) is 1. The highest BCUT2D eigenvalue weighted by atomic mass is 16.3. The highest BCUT2D eigenvalue weighted by molar-refractivity contribution is 6.07. The molecule has 48 heavy (non-hydrogen) atoms. The van der Waals surface area contributed by atoms with E-state index >= 15 is 0 Å². The quantitative estimate of drug-likeness (QED) is 0.185. The molecule has 0 amide bonds. The largest absolute Gasteiger partial charge is 0.456 e. The number of hydrogen-bond donors (Lipinski definition) is 0. The highest BCUT2D eigenvalue weighted by Gasteiger charge is 2.19. The Morgan fingerprint density at radius 2 is 0.958 bits per heavy atom. The zero-order valence-corrected chi connectivity index (χ0v) is 26.3. The van der Waals surface area contributed by atoms with Crippen LogP contribution in [0, 0.1) is 0 Å². The fourth-order valence-corrected chi connectivity index (χ4v) is 6.86. The lowest BCUT2D eigenvalue weighted by Crippen LogP contribution is -2.11. The molecule has 0 unspecified atom stereocenters. The van der Waals surface area contributed by atoms with Gasteiger partial charge in [0.05, 0.1) is 5.69 Å². The first-order chi connectivity index (χ1) is 23.8. The van der Waals surface area contributed by atoms with Gasteiger partial charge < -0.3 is 9.32 Å². The average Bonchev–Trinajstić information content (AvgIpc) is 3.54. The van der Waals surface area contributed by atoms with Gasteiger partial charge in [-0.1, -0.05) is 133 Å². The molecule has 2 nitrogen and oxygen atoms in total. The Balaban J connectivity index is 1.15. The van der Waals surface area contributed by atoms with Crippen LogP contribution < -0.4 is 4.90 Å². The van der Waals surface area contributed by atoms with E-state index in [0.717, 1.165) is 39.0 Å². The SMILES string of the molecule is c1ccc(-c2ccccc2N(c2ccc(-c3cccc(-c4ccc5ccccc5c4)c3)cc2)c2ccc3oc4ccccc4c3c2)cc1. The standard InChI is InChI=1S/C46H31NO/c1-2-12-34(13-3-1)41-17-6-8-19-44(41)47(40-27-28-46-43(31-40)42-18-7-9-20-45(42)48-46)39-25-23-33(24-26-39)36-15-10-16-37(29-36)38-22-21-32-11-4-5-14-35(32)30-38/h1-31H. The molecule has 1 aromatic heterocycles. The second-order valence-corrected chi connectivity index (χ2v) is 12.2. The van der Waals surface area contributed by atoms with Crippen LogP contribution in [0.2, 0.25) is 0 Å². The van der Waals surface area contributed by atoms with Crippen molar-refractivity contribution in [3.8, 4) is 33.4 Å². The molecule has 0 radical (unpaired) electrons. The van der Waals surface area contributed by atoms with Gasteiger partial charge in [-0.2, -0.15) is 0 Å². The first kappa shape index (κ1) is 27.9. The monoisotopic (exact) mass is 613 g/mol. The van der Waals surface area contributed by atoms with Crippen molar-refractivity contribution in [3.05, 3.63) is 188 Å². The van der Waals surface area contributed by atoms with Gasteiger partial charge in [-0.05, 0) is 93.2 Å². The maximum atomic E-state index is 6.20. The lowest BCUT2D eigenvalue weighted by molar-refractivity contribution is 0.669. The Morgan fingerprint density at radius 1 is 0.333 bits per heavy atom. The van der Waals surface area contributed by atoms with Gasteiger partial charge in [-0.15, -0.1) is 0 Å². The van der Waals surface area contributed by atoms with E-state index < -0.39 is 0 Å². The summed E-state index contributed by atoms with van der Waals surface area (Å²) in [6.45, 7) is 0. The Hall–Kier alpha value is -6.38. The van der Waals surface area contributed by atoms with Crippen LogP contribution in [-0.4, -0.2) is 0 Å². The number of benzene rings is 8. The topological polar surface area (TPSA) is 16.4 Å². The van der Waals surface area contributed by atoms with Crippen molar-refractivity contribution >= 4 is 49.8 Å². The number of rotatable bonds is 6. The van der Waals surface area contributed by atoms with Crippen LogP contribution in [-0.2, 0) is 0 Å². The zero-order chi connectivity index (χ0) is 31.9. The first-order valence-electron chi connectivity index (χ1n) is 16.3. The van der Waals surface area contributed by atoms with Crippen molar-refractivity contribution in [2.45, 2.75) is 0 Å². The zero-order valence-electron chi connectivity index (χ0n) is 26.3. The molecule has 2 heteroatoms. The summed E-state index contributed by atoms with van der Waals surface area (Å²) in [5.74, 6) is 0. The van der Waals surface area contributed by atoms with Gasteiger partial charge in [0.1, 0.15) is 11.2 Å². The number of fused-ring (bicyclic) bond motifs is 4. The summed E-state index contributed by atoms with van der Waals surface area (Å²) in [5.41, 5.74) is 12.2. The van der Waals surface area contributed by atoms with Gasteiger partial charge in [-0.3, -0.25) is 0 Å². The van der Waals surface area contributed by atoms with E-state index in [2.05, 4.69) is 181 Å². The van der Waals surface area contributed by atoms with Crippen LogP contribution in [0.15, 0.2) is 192 Å². The second kappa shape index (κ2) is 11.8. The first-order valence-corrected chi connectivity index (χ1v) is 16.3. The molecule has 0 bridgehead atoms. The molecule has 8 aromatic carbocycles. The van der Waals surface area contributed by atoms with E-state index in [9.17, 15) is 0 Å². The summed E-state index contributed by atoms with van der Waals surface area (Å²) in [7, 11) is 0. The van der Waals surface area contributed by atoms with E-state index in [1.165, 1.54) is 44.2 Å². The third kappa shape index (κ3) is 5.01. The fraction of sp³-hybridized carbons (Fsp3) is 0. The lowest BCUT2D eigenvalue weighted by atomic mass is 9.97. The van der Waals surface area contributed by atoms with Crippen LogP contribution in [0.4, 0.5) is 17.1 Å². The average molecular weight is 614 g/mol. The smallest absolute Gasteiger partial charge is 0.135 e. The predicted molar refractivity (Wildman–Crippen MR) is 202 cm³/mol. The normalized spacial score (nSPS) is 11.3. The molecule has 226 valence electrons. The Morgan fingerprint density at radius 3 is 1.83 bits per heavy atom. The van der Waals surface area contributed by atoms with Crippen LogP contribution >= 0.6 is 0 Å². The molecule has 9 aromatic rings. The molecule has 9 rings (SSSR count). The minimum absolute atomic E-state index is 0.887. The number of furan rings is 1. The molecule has 0 aliphatic heterocycles. The van der Waals surface area contributed by atoms with Crippen molar-refractivity contribution in [3.63, 3.8) is 0 Å². The Kier molecular flexibility index (Phi) is 6.84. The van der Waals surface area contributed by atoms with Gasteiger partial charge in [0.15, 0.2) is 0 Å². The minimum atomic E-state index is 0.887. The highest BCUT2D eigenvalue weighted by Crippen LogP contribution is 2.43. The molecule has 0 saturated heterocycles. The maximum absolute atomic E-state index is 6.20. The van der Waals surface area contributed by atoms with Crippen molar-refractivity contribution in [1.29, 1.82) is 0 Å². The van der Waals surface area contributed by atoms with Crippen LogP contribution in [0.5, 0.6) is 0 Å². The molecule has 0 N–H and O–H groups in total. The summed E-state index contributed by atoms with van der Waals surface area (Å²) in [4.78, 5) is 2.36.